The van der Waals surface area contributed by atoms with E-state index in [0.717, 1.165) is 12.8 Å². The van der Waals surface area contributed by atoms with E-state index in [9.17, 15) is 14.4 Å². The van der Waals surface area contributed by atoms with Crippen molar-refractivity contribution in [3.63, 3.8) is 0 Å². The molecule has 7 heteroatoms. The molecule has 0 aliphatic carbocycles. The first-order valence-corrected chi connectivity index (χ1v) is 11.2. The van der Waals surface area contributed by atoms with E-state index in [0.29, 0.717) is 6.42 Å². The van der Waals surface area contributed by atoms with Crippen LogP contribution in [0, 0.1) is 0 Å². The van der Waals surface area contributed by atoms with Crippen LogP contribution >= 0.6 is 7.82 Å². The average Bonchev–Trinajstić information content (AvgIpc) is 2.49. The minimum absolute atomic E-state index is 0. The predicted molar refractivity (Wildman–Crippen MR) is 93.1 cm³/mol. The van der Waals surface area contributed by atoms with Crippen LogP contribution in [0.5, 0.6) is 0 Å². The molecule has 0 unspecified atom stereocenters. The van der Waals surface area contributed by atoms with Gasteiger partial charge in [-0.1, -0.05) is 103 Å². The van der Waals surface area contributed by atoms with E-state index in [1.54, 1.807) is 0 Å². The Labute approximate surface area is 180 Å². The second-order valence-electron chi connectivity index (χ2n) is 6.58. The SMILES string of the molecule is CCCCCCCCCCCCCCCCCCOP(=O)([O-])[O-].[Li+].[Li+]. The van der Waals surface area contributed by atoms with Crippen molar-refractivity contribution in [2.24, 2.45) is 0 Å². The first kappa shape index (κ1) is 31.0. The molecule has 0 aromatic heterocycles. The van der Waals surface area contributed by atoms with E-state index in [1.165, 1.54) is 83.5 Å². The van der Waals surface area contributed by atoms with Crippen LogP contribution in [0.3, 0.4) is 0 Å². The van der Waals surface area contributed by atoms with Crippen molar-refractivity contribution in [2.45, 2.75) is 110 Å². The van der Waals surface area contributed by atoms with Gasteiger partial charge in [-0.2, -0.15) is 0 Å². The van der Waals surface area contributed by atoms with E-state index in [1.807, 2.05) is 0 Å². The molecule has 0 fully saturated rings. The van der Waals surface area contributed by atoms with E-state index < -0.39 is 7.82 Å². The first-order chi connectivity index (χ1) is 11.1. The number of phosphoric acid groups is 1. The van der Waals surface area contributed by atoms with Crippen LogP contribution in [0.15, 0.2) is 0 Å². The molecule has 0 heterocycles. The fraction of sp³-hybridized carbons (Fsp3) is 1.00. The van der Waals surface area contributed by atoms with Gasteiger partial charge in [-0.15, -0.1) is 0 Å². The Kier molecular flexibility index (Phi) is 29.0. The summed E-state index contributed by atoms with van der Waals surface area (Å²) >= 11 is 0. The normalized spacial score (nSPS) is 11.0. The number of unbranched alkanes of at least 4 members (excludes halogenated alkanes) is 15. The third kappa shape index (κ3) is 30.3. The molecular weight excluding hydrogens is 325 g/mol. The molecule has 0 amide bonds. The van der Waals surface area contributed by atoms with Gasteiger partial charge in [0.2, 0.25) is 0 Å². The third-order valence-corrected chi connectivity index (χ3v) is 4.75. The Hall–Kier alpha value is 1.30. The molecule has 0 aliphatic rings. The van der Waals surface area contributed by atoms with Crippen molar-refractivity contribution < 1.29 is 56.6 Å². The van der Waals surface area contributed by atoms with Crippen molar-refractivity contribution in [1.82, 2.24) is 0 Å². The summed E-state index contributed by atoms with van der Waals surface area (Å²) in [6.07, 6.45) is 20.3. The van der Waals surface area contributed by atoms with E-state index >= 15 is 0 Å². The molecule has 0 aliphatic heterocycles. The van der Waals surface area contributed by atoms with E-state index in [4.69, 9.17) is 0 Å². The zero-order chi connectivity index (χ0) is 17.2. The molecule has 0 aromatic carbocycles. The topological polar surface area (TPSA) is 72.4 Å². The second kappa shape index (κ2) is 23.3. The summed E-state index contributed by atoms with van der Waals surface area (Å²) in [5, 5.41) is 0. The number of hydrogen-bond acceptors (Lipinski definition) is 4. The molecule has 0 atom stereocenters. The van der Waals surface area contributed by atoms with Crippen LogP contribution in [-0.4, -0.2) is 6.61 Å². The van der Waals surface area contributed by atoms with Crippen LogP contribution in [0.2, 0.25) is 0 Å². The summed E-state index contributed by atoms with van der Waals surface area (Å²) in [6, 6.07) is 0. The van der Waals surface area contributed by atoms with Crippen LogP contribution in [-0.2, 0) is 9.09 Å². The monoisotopic (exact) mass is 362 g/mol. The van der Waals surface area contributed by atoms with Gasteiger partial charge in [-0.3, -0.25) is 0 Å². The summed E-state index contributed by atoms with van der Waals surface area (Å²) in [5.74, 6) is 0. The van der Waals surface area contributed by atoms with Crippen LogP contribution < -0.4 is 47.5 Å². The van der Waals surface area contributed by atoms with Gasteiger partial charge in [0.15, 0.2) is 0 Å². The van der Waals surface area contributed by atoms with Gasteiger partial charge in [-0.05, 0) is 6.42 Å². The summed E-state index contributed by atoms with van der Waals surface area (Å²) in [4.78, 5) is 20.5. The van der Waals surface area contributed by atoms with Crippen molar-refractivity contribution in [2.75, 3.05) is 6.61 Å². The molecule has 0 radical (unpaired) electrons. The molecule has 0 saturated heterocycles. The van der Waals surface area contributed by atoms with Gasteiger partial charge in [0.1, 0.15) is 0 Å². The maximum atomic E-state index is 10.2. The van der Waals surface area contributed by atoms with Crippen molar-refractivity contribution in [3.8, 4) is 0 Å². The molecule has 0 bridgehead atoms. The van der Waals surface area contributed by atoms with Gasteiger partial charge >= 0.3 is 37.7 Å². The molecule has 25 heavy (non-hydrogen) atoms. The standard InChI is InChI=1S/C18H39O4P.2Li/c1-2-3-4-5-6-7-8-9-10-11-12-13-14-15-16-17-18-22-23(19,20)21;;/h2-18H2,1H3,(H2,19,20,21);;/q;2*+1/p-2. The van der Waals surface area contributed by atoms with Gasteiger partial charge in [0, 0.05) is 0 Å². The van der Waals surface area contributed by atoms with Gasteiger partial charge in [-0.25, -0.2) is 0 Å². The first-order valence-electron chi connectivity index (χ1n) is 9.73. The molecule has 0 N–H and O–H groups in total. The van der Waals surface area contributed by atoms with Gasteiger partial charge in [0.05, 0.1) is 14.4 Å². The fourth-order valence-corrected chi connectivity index (χ4v) is 3.18. The van der Waals surface area contributed by atoms with Gasteiger partial charge in [0.25, 0.3) is 0 Å². The van der Waals surface area contributed by atoms with Crippen LogP contribution in [0.1, 0.15) is 110 Å². The van der Waals surface area contributed by atoms with E-state index in [-0.39, 0.29) is 44.3 Å². The van der Waals surface area contributed by atoms with Crippen molar-refractivity contribution >= 4 is 7.82 Å². The smallest absolute Gasteiger partial charge is 0.790 e. The van der Waals surface area contributed by atoms with Crippen molar-refractivity contribution in [1.29, 1.82) is 0 Å². The summed E-state index contributed by atoms with van der Waals surface area (Å²) in [7, 11) is -4.76. The third-order valence-electron chi connectivity index (χ3n) is 4.25. The van der Waals surface area contributed by atoms with Crippen LogP contribution in [0.25, 0.3) is 0 Å². The number of hydrogen-bond donors (Lipinski definition) is 0. The molecule has 0 saturated carbocycles. The Morgan fingerprint density at radius 2 is 0.880 bits per heavy atom. The summed E-state index contributed by atoms with van der Waals surface area (Å²) in [5.41, 5.74) is 0. The Bertz CT molecular complexity index is 288. The van der Waals surface area contributed by atoms with Crippen molar-refractivity contribution in [3.05, 3.63) is 0 Å². The predicted octanol–water partition coefficient (Wildman–Crippen LogP) is -0.899. The van der Waals surface area contributed by atoms with Crippen LogP contribution in [0.4, 0.5) is 0 Å². The number of rotatable bonds is 18. The Morgan fingerprint density at radius 3 is 1.16 bits per heavy atom. The number of phosphoric ester groups is 1. The maximum absolute atomic E-state index is 10.2. The molecular formula is C18H37Li2O4P. The largest absolute Gasteiger partial charge is 1.00 e. The maximum Gasteiger partial charge on any atom is 1.00 e. The average molecular weight is 362 g/mol. The molecule has 0 aromatic rings. The zero-order valence-electron chi connectivity index (χ0n) is 17.1. The molecule has 140 valence electrons. The Balaban J connectivity index is -0.00000242. The molecule has 0 rings (SSSR count). The summed E-state index contributed by atoms with van der Waals surface area (Å²) < 4.78 is 14.4. The minimum Gasteiger partial charge on any atom is -0.790 e. The quantitative estimate of drug-likeness (QED) is 0.180. The summed E-state index contributed by atoms with van der Waals surface area (Å²) in [6.45, 7) is 2.30. The fourth-order valence-electron chi connectivity index (χ4n) is 2.83. The molecule has 4 nitrogen and oxygen atoms in total. The van der Waals surface area contributed by atoms with E-state index in [2.05, 4.69) is 11.4 Å². The minimum atomic E-state index is -4.76. The second-order valence-corrected chi connectivity index (χ2v) is 7.74. The van der Waals surface area contributed by atoms with Gasteiger partial charge < -0.3 is 18.9 Å². The zero-order valence-corrected chi connectivity index (χ0v) is 18.0. The molecule has 0 spiro atoms. The Morgan fingerprint density at radius 1 is 0.600 bits per heavy atom.